The van der Waals surface area contributed by atoms with Crippen LogP contribution in [0.15, 0.2) is 70.1 Å². The van der Waals surface area contributed by atoms with Gasteiger partial charge in [-0.1, -0.05) is 42.5 Å². The molecule has 0 N–H and O–H groups in total. The van der Waals surface area contributed by atoms with Crippen LogP contribution < -0.4 is 4.80 Å². The first-order chi connectivity index (χ1) is 11.3. The fourth-order valence-corrected chi connectivity index (χ4v) is 3.07. The molecule has 3 nitrogen and oxygen atoms in total. The van der Waals surface area contributed by atoms with Crippen LogP contribution in [0.3, 0.4) is 0 Å². The van der Waals surface area contributed by atoms with E-state index in [9.17, 15) is 4.39 Å². The van der Waals surface area contributed by atoms with Crippen molar-refractivity contribution in [3.05, 3.63) is 76.2 Å². The lowest BCUT2D eigenvalue weighted by molar-refractivity contribution is 0.627. The molecule has 0 atom stereocenters. The van der Waals surface area contributed by atoms with E-state index in [1.54, 1.807) is 28.3 Å². The highest BCUT2D eigenvalue weighted by atomic mass is 32.1. The first-order valence-electron chi connectivity index (χ1n) is 7.34. The standard InChI is InChI=1S/C18H16FN3S/c1-2-20-18-22(21-12-14-7-6-10-16(19)11-14)17(13-23-18)15-8-4-3-5-9-15/h3-13H,2H2,1H3/b20-18?,21-12-. The Kier molecular flexibility index (Phi) is 4.78. The number of aromatic nitrogens is 1. The van der Waals surface area contributed by atoms with Crippen molar-refractivity contribution < 1.29 is 4.39 Å². The smallest absolute Gasteiger partial charge is 0.206 e. The maximum absolute atomic E-state index is 13.3. The van der Waals surface area contributed by atoms with Gasteiger partial charge in [0.05, 0.1) is 11.9 Å². The van der Waals surface area contributed by atoms with Crippen LogP contribution in [-0.4, -0.2) is 17.4 Å². The largest absolute Gasteiger partial charge is 0.258 e. The predicted octanol–water partition coefficient (Wildman–Crippen LogP) is 4.16. The minimum absolute atomic E-state index is 0.272. The van der Waals surface area contributed by atoms with Gasteiger partial charge >= 0.3 is 0 Å². The summed E-state index contributed by atoms with van der Waals surface area (Å²) in [6, 6.07) is 16.4. The Morgan fingerprint density at radius 3 is 2.70 bits per heavy atom. The molecule has 5 heteroatoms. The van der Waals surface area contributed by atoms with E-state index in [1.165, 1.54) is 12.1 Å². The fraction of sp³-hybridized carbons (Fsp3) is 0.111. The fourth-order valence-electron chi connectivity index (χ4n) is 2.17. The van der Waals surface area contributed by atoms with Gasteiger partial charge in [0.2, 0.25) is 4.80 Å². The van der Waals surface area contributed by atoms with Gasteiger partial charge in [-0.05, 0) is 24.6 Å². The summed E-state index contributed by atoms with van der Waals surface area (Å²) in [5, 5.41) is 6.55. The highest BCUT2D eigenvalue weighted by Gasteiger charge is 2.06. The number of rotatable bonds is 4. The van der Waals surface area contributed by atoms with E-state index in [0.29, 0.717) is 12.1 Å². The zero-order chi connectivity index (χ0) is 16.1. The first kappa shape index (κ1) is 15.4. The molecule has 1 heterocycles. The summed E-state index contributed by atoms with van der Waals surface area (Å²) < 4.78 is 15.1. The molecule has 0 radical (unpaired) electrons. The summed E-state index contributed by atoms with van der Waals surface area (Å²) in [7, 11) is 0. The molecule has 0 fully saturated rings. The lowest BCUT2D eigenvalue weighted by Crippen LogP contribution is -2.12. The van der Waals surface area contributed by atoms with E-state index in [-0.39, 0.29) is 5.82 Å². The van der Waals surface area contributed by atoms with Crippen LogP contribution in [0.1, 0.15) is 12.5 Å². The number of thiazole rings is 1. The molecule has 3 aromatic rings. The number of nitrogens with zero attached hydrogens (tertiary/aromatic N) is 3. The zero-order valence-electron chi connectivity index (χ0n) is 12.7. The molecular formula is C18H16FN3S. The summed E-state index contributed by atoms with van der Waals surface area (Å²) in [6.45, 7) is 2.67. The van der Waals surface area contributed by atoms with E-state index < -0.39 is 0 Å². The molecular weight excluding hydrogens is 309 g/mol. The number of hydrogen-bond donors (Lipinski definition) is 0. The lowest BCUT2D eigenvalue weighted by atomic mass is 10.2. The van der Waals surface area contributed by atoms with E-state index >= 15 is 0 Å². The maximum Gasteiger partial charge on any atom is 0.206 e. The third-order valence-corrected chi connectivity index (χ3v) is 4.07. The van der Waals surface area contributed by atoms with Crippen molar-refractivity contribution in [2.75, 3.05) is 6.54 Å². The molecule has 0 amide bonds. The predicted molar refractivity (Wildman–Crippen MR) is 93.2 cm³/mol. The van der Waals surface area contributed by atoms with E-state index in [1.807, 2.05) is 48.7 Å². The molecule has 0 aliphatic carbocycles. The van der Waals surface area contributed by atoms with Crippen LogP contribution >= 0.6 is 11.3 Å². The van der Waals surface area contributed by atoms with E-state index in [2.05, 4.69) is 10.1 Å². The summed E-state index contributed by atoms with van der Waals surface area (Å²) in [6.07, 6.45) is 1.65. The van der Waals surface area contributed by atoms with Crippen molar-refractivity contribution in [1.82, 2.24) is 4.68 Å². The summed E-state index contributed by atoms with van der Waals surface area (Å²) in [5.41, 5.74) is 2.75. The lowest BCUT2D eigenvalue weighted by Gasteiger charge is -2.03. The molecule has 0 bridgehead atoms. The molecule has 0 unspecified atom stereocenters. The van der Waals surface area contributed by atoms with Crippen LogP contribution in [0, 0.1) is 5.82 Å². The molecule has 0 saturated carbocycles. The minimum atomic E-state index is -0.272. The van der Waals surface area contributed by atoms with E-state index in [0.717, 1.165) is 16.1 Å². The van der Waals surface area contributed by atoms with Crippen LogP contribution in [-0.2, 0) is 0 Å². The molecule has 2 aromatic carbocycles. The second-order valence-corrected chi connectivity index (χ2v) is 5.69. The molecule has 0 spiro atoms. The molecule has 23 heavy (non-hydrogen) atoms. The second kappa shape index (κ2) is 7.15. The van der Waals surface area contributed by atoms with Gasteiger partial charge in [0.1, 0.15) is 5.82 Å². The third kappa shape index (κ3) is 3.63. The van der Waals surface area contributed by atoms with Gasteiger partial charge in [0.15, 0.2) is 0 Å². The quantitative estimate of drug-likeness (QED) is 0.645. The third-order valence-electron chi connectivity index (χ3n) is 3.22. The number of hydrogen-bond acceptors (Lipinski definition) is 3. The maximum atomic E-state index is 13.3. The van der Waals surface area contributed by atoms with Gasteiger partial charge in [0, 0.05) is 17.5 Å². The first-order valence-corrected chi connectivity index (χ1v) is 8.22. The highest BCUT2D eigenvalue weighted by Crippen LogP contribution is 2.19. The Bertz CT molecular complexity index is 879. The average Bonchev–Trinajstić information content (AvgIpc) is 2.97. The van der Waals surface area contributed by atoms with Crippen molar-refractivity contribution in [2.45, 2.75) is 6.92 Å². The van der Waals surface area contributed by atoms with Gasteiger partial charge in [-0.3, -0.25) is 4.99 Å². The normalized spacial score (nSPS) is 12.2. The summed E-state index contributed by atoms with van der Waals surface area (Å²) in [4.78, 5) is 5.29. The number of halogens is 1. The van der Waals surface area contributed by atoms with Crippen molar-refractivity contribution in [3.63, 3.8) is 0 Å². The monoisotopic (exact) mass is 325 g/mol. The van der Waals surface area contributed by atoms with Crippen LogP contribution in [0.2, 0.25) is 0 Å². The van der Waals surface area contributed by atoms with Crippen molar-refractivity contribution in [2.24, 2.45) is 10.1 Å². The van der Waals surface area contributed by atoms with Gasteiger partial charge < -0.3 is 0 Å². The van der Waals surface area contributed by atoms with Crippen molar-refractivity contribution in [3.8, 4) is 11.3 Å². The second-order valence-electron chi connectivity index (χ2n) is 4.86. The Morgan fingerprint density at radius 2 is 1.96 bits per heavy atom. The van der Waals surface area contributed by atoms with Crippen molar-refractivity contribution in [1.29, 1.82) is 0 Å². The van der Waals surface area contributed by atoms with Crippen LogP contribution in [0.25, 0.3) is 11.3 Å². The van der Waals surface area contributed by atoms with Crippen LogP contribution in [0.5, 0.6) is 0 Å². The minimum Gasteiger partial charge on any atom is -0.258 e. The Labute approximate surface area is 138 Å². The number of benzene rings is 2. The van der Waals surface area contributed by atoms with Gasteiger partial charge in [0.25, 0.3) is 0 Å². The molecule has 0 aliphatic rings. The van der Waals surface area contributed by atoms with E-state index in [4.69, 9.17) is 0 Å². The SMILES string of the molecule is CCN=c1scc(-c2ccccc2)n1/N=C\c1cccc(F)c1. The molecule has 3 rings (SSSR count). The van der Waals surface area contributed by atoms with Gasteiger partial charge in [-0.2, -0.15) is 5.10 Å². The Morgan fingerprint density at radius 1 is 1.13 bits per heavy atom. The van der Waals surface area contributed by atoms with Gasteiger partial charge in [-0.15, -0.1) is 11.3 Å². The molecule has 1 aromatic heterocycles. The highest BCUT2D eigenvalue weighted by molar-refractivity contribution is 7.07. The Hall–Kier alpha value is -2.53. The Balaban J connectivity index is 2.06. The van der Waals surface area contributed by atoms with Crippen molar-refractivity contribution >= 4 is 17.6 Å². The topological polar surface area (TPSA) is 29.6 Å². The zero-order valence-corrected chi connectivity index (χ0v) is 13.5. The molecule has 0 saturated heterocycles. The van der Waals surface area contributed by atoms with Gasteiger partial charge in [-0.25, -0.2) is 9.07 Å². The summed E-state index contributed by atoms with van der Waals surface area (Å²) in [5.74, 6) is -0.272. The van der Waals surface area contributed by atoms with Crippen LogP contribution in [0.4, 0.5) is 4.39 Å². The molecule has 116 valence electrons. The summed E-state index contributed by atoms with van der Waals surface area (Å²) >= 11 is 1.54. The average molecular weight is 325 g/mol. The molecule has 0 aliphatic heterocycles.